The molecule has 2 nitrogen and oxygen atoms in total. The number of rotatable bonds is 1. The van der Waals surface area contributed by atoms with Crippen LogP contribution in [-0.2, 0) is 10.8 Å². The number of benzene rings is 3. The van der Waals surface area contributed by atoms with Gasteiger partial charge in [0.1, 0.15) is 11.8 Å². The lowest BCUT2D eigenvalue weighted by Crippen LogP contribution is -2.21. The van der Waals surface area contributed by atoms with E-state index in [2.05, 4.69) is 60.8 Å². The van der Waals surface area contributed by atoms with Crippen LogP contribution in [0.2, 0.25) is 0 Å². The summed E-state index contributed by atoms with van der Waals surface area (Å²) in [5, 5.41) is 24.5. The van der Waals surface area contributed by atoms with Gasteiger partial charge in [-0.2, -0.15) is 5.26 Å². The minimum Gasteiger partial charge on any atom is -0.507 e. The van der Waals surface area contributed by atoms with Crippen LogP contribution in [-0.4, -0.2) is 5.11 Å². The lowest BCUT2D eigenvalue weighted by Gasteiger charge is -2.28. The monoisotopic (exact) mass is 383 g/mol. The summed E-state index contributed by atoms with van der Waals surface area (Å²) in [7, 11) is 0. The first-order valence-electron chi connectivity index (χ1n) is 9.89. The van der Waals surface area contributed by atoms with Gasteiger partial charge in [0.05, 0.1) is 5.56 Å². The second-order valence-corrected chi connectivity index (χ2v) is 9.78. The molecule has 0 atom stereocenters. The third-order valence-electron chi connectivity index (χ3n) is 5.56. The Kier molecular flexibility index (Phi) is 4.83. The second-order valence-electron chi connectivity index (χ2n) is 9.78. The second kappa shape index (κ2) is 6.78. The Morgan fingerprint density at radius 3 is 1.69 bits per heavy atom. The molecule has 0 aliphatic carbocycles. The Morgan fingerprint density at radius 1 is 0.828 bits per heavy atom. The van der Waals surface area contributed by atoms with Crippen molar-refractivity contribution in [2.75, 3.05) is 0 Å². The van der Waals surface area contributed by atoms with Crippen LogP contribution in [0.4, 0.5) is 0 Å². The standard InChI is InChI=1S/C27H29NO/c1-16-19-11-9-10-12-20(19)17(2)24(21(16)15-28)18-13-22(26(3,4)5)25(29)23(14-18)27(6,7)8/h9-14,29H,1-2H2,3-8H3. The van der Waals surface area contributed by atoms with E-state index in [1.807, 2.05) is 36.4 Å². The Labute approximate surface area is 173 Å². The lowest BCUT2D eigenvalue weighted by molar-refractivity contribution is 0.423. The van der Waals surface area contributed by atoms with E-state index in [0.29, 0.717) is 16.5 Å². The van der Waals surface area contributed by atoms with E-state index >= 15 is 0 Å². The third-order valence-corrected chi connectivity index (χ3v) is 5.56. The molecule has 3 aromatic rings. The number of aromatic hydroxyl groups is 1. The van der Waals surface area contributed by atoms with Crippen LogP contribution in [0.3, 0.4) is 0 Å². The van der Waals surface area contributed by atoms with Crippen molar-refractivity contribution in [1.82, 2.24) is 0 Å². The molecule has 0 saturated heterocycles. The van der Waals surface area contributed by atoms with Crippen LogP contribution in [0.5, 0.6) is 5.75 Å². The van der Waals surface area contributed by atoms with Crippen molar-refractivity contribution in [2.45, 2.75) is 52.4 Å². The van der Waals surface area contributed by atoms with Crippen molar-refractivity contribution in [3.63, 3.8) is 0 Å². The first-order chi connectivity index (χ1) is 13.4. The molecule has 0 heterocycles. The van der Waals surface area contributed by atoms with Crippen molar-refractivity contribution in [2.24, 2.45) is 0 Å². The molecule has 0 fully saturated rings. The highest BCUT2D eigenvalue weighted by Gasteiger charge is 2.27. The van der Waals surface area contributed by atoms with Gasteiger partial charge >= 0.3 is 0 Å². The van der Waals surface area contributed by atoms with Gasteiger partial charge in [0.2, 0.25) is 0 Å². The maximum absolute atomic E-state index is 11.1. The predicted molar refractivity (Wildman–Crippen MR) is 123 cm³/mol. The normalized spacial score (nSPS) is 12.2. The first kappa shape index (κ1) is 20.7. The Hall–Kier alpha value is -3.05. The molecule has 0 aromatic heterocycles. The van der Waals surface area contributed by atoms with Crippen LogP contribution in [0.15, 0.2) is 36.4 Å². The van der Waals surface area contributed by atoms with Crippen molar-refractivity contribution < 1.29 is 5.11 Å². The molecule has 1 N–H and O–H groups in total. The zero-order valence-corrected chi connectivity index (χ0v) is 18.3. The summed E-state index contributed by atoms with van der Waals surface area (Å²) in [6.07, 6.45) is 0. The molecule has 0 saturated carbocycles. The number of hydrogen-bond acceptors (Lipinski definition) is 2. The summed E-state index contributed by atoms with van der Waals surface area (Å²) in [5.74, 6) is 0.327. The number of phenols is 1. The number of hydrogen-bond donors (Lipinski definition) is 1. The molecule has 0 unspecified atom stereocenters. The van der Waals surface area contributed by atoms with E-state index in [1.165, 1.54) is 0 Å². The van der Waals surface area contributed by atoms with Gasteiger partial charge in [-0.05, 0) is 49.7 Å². The third kappa shape index (κ3) is 3.42. The molecule has 0 aliphatic rings. The van der Waals surface area contributed by atoms with Crippen LogP contribution in [0, 0.1) is 11.3 Å². The largest absolute Gasteiger partial charge is 0.507 e. The fourth-order valence-electron chi connectivity index (χ4n) is 3.94. The minimum absolute atomic E-state index is 0.252. The van der Waals surface area contributed by atoms with Gasteiger partial charge in [0.15, 0.2) is 0 Å². The minimum atomic E-state index is -0.252. The molecule has 2 heteroatoms. The molecule has 29 heavy (non-hydrogen) atoms. The van der Waals surface area contributed by atoms with E-state index < -0.39 is 0 Å². The van der Waals surface area contributed by atoms with Gasteiger partial charge in [-0.25, -0.2) is 0 Å². The highest BCUT2D eigenvalue weighted by molar-refractivity contribution is 5.92. The summed E-state index contributed by atoms with van der Waals surface area (Å²) < 4.78 is 0. The van der Waals surface area contributed by atoms with Gasteiger partial charge in [0.25, 0.3) is 0 Å². The molecule has 0 radical (unpaired) electrons. The van der Waals surface area contributed by atoms with Crippen LogP contribution >= 0.6 is 0 Å². The predicted octanol–water partition coefficient (Wildman–Crippen LogP) is 5.50. The summed E-state index contributed by atoms with van der Waals surface area (Å²) in [6.45, 7) is 21.1. The molecule has 3 rings (SSSR count). The number of phenolic OH excluding ortho intramolecular Hbond substituents is 1. The van der Waals surface area contributed by atoms with Crippen LogP contribution in [0.1, 0.15) is 58.2 Å². The smallest absolute Gasteiger partial charge is 0.123 e. The average molecular weight is 384 g/mol. The summed E-state index contributed by atoms with van der Waals surface area (Å²) in [6, 6.07) is 14.3. The first-order valence-corrected chi connectivity index (χ1v) is 9.89. The molecule has 0 aliphatic heterocycles. The van der Waals surface area contributed by atoms with E-state index in [-0.39, 0.29) is 10.8 Å². The van der Waals surface area contributed by atoms with E-state index in [9.17, 15) is 10.4 Å². The highest BCUT2D eigenvalue weighted by Crippen LogP contribution is 2.41. The fraction of sp³-hybridized carbons (Fsp3) is 0.296. The molecule has 3 aromatic carbocycles. The lowest BCUT2D eigenvalue weighted by atomic mass is 9.77. The Balaban J connectivity index is 2.55. The van der Waals surface area contributed by atoms with Crippen LogP contribution < -0.4 is 10.4 Å². The Bertz CT molecular complexity index is 1230. The number of nitrogens with zero attached hydrogens (tertiary/aromatic N) is 1. The molecule has 0 spiro atoms. The maximum Gasteiger partial charge on any atom is 0.123 e. The van der Waals surface area contributed by atoms with E-state index in [4.69, 9.17) is 0 Å². The maximum atomic E-state index is 11.1. The SMILES string of the molecule is C=c1c(C#N)c(-c2cc(C(C)(C)C)c(O)c(C(C)(C)C)c2)c(=C)c2ccccc12. The van der Waals surface area contributed by atoms with E-state index in [0.717, 1.165) is 38.2 Å². The fourth-order valence-corrected chi connectivity index (χ4v) is 3.94. The number of nitriles is 1. The molecular formula is C27H29NO. The molecule has 0 bridgehead atoms. The van der Waals surface area contributed by atoms with E-state index in [1.54, 1.807) is 0 Å². The quantitative estimate of drug-likeness (QED) is 0.603. The van der Waals surface area contributed by atoms with Crippen molar-refractivity contribution >= 4 is 23.9 Å². The molecule has 0 amide bonds. The topological polar surface area (TPSA) is 44.0 Å². The van der Waals surface area contributed by atoms with Crippen molar-refractivity contribution in [3.05, 3.63) is 63.5 Å². The van der Waals surface area contributed by atoms with Crippen molar-refractivity contribution in [3.8, 4) is 22.9 Å². The Morgan fingerprint density at radius 2 is 1.28 bits per heavy atom. The molecular weight excluding hydrogens is 354 g/mol. The highest BCUT2D eigenvalue weighted by atomic mass is 16.3. The zero-order chi connectivity index (χ0) is 21.7. The van der Waals surface area contributed by atoms with Gasteiger partial charge < -0.3 is 5.11 Å². The van der Waals surface area contributed by atoms with Gasteiger partial charge in [-0.3, -0.25) is 0 Å². The zero-order valence-electron chi connectivity index (χ0n) is 18.3. The summed E-state index contributed by atoms with van der Waals surface area (Å²) in [4.78, 5) is 0. The summed E-state index contributed by atoms with van der Waals surface area (Å²) in [5.41, 5.74) is 3.46. The van der Waals surface area contributed by atoms with Crippen LogP contribution in [0.25, 0.3) is 35.1 Å². The van der Waals surface area contributed by atoms with Gasteiger partial charge in [0, 0.05) is 16.7 Å². The van der Waals surface area contributed by atoms with Crippen molar-refractivity contribution in [1.29, 1.82) is 5.26 Å². The van der Waals surface area contributed by atoms with Gasteiger partial charge in [-0.15, -0.1) is 0 Å². The molecule has 148 valence electrons. The number of fused-ring (bicyclic) bond motifs is 1. The summed E-state index contributed by atoms with van der Waals surface area (Å²) >= 11 is 0. The average Bonchev–Trinajstić information content (AvgIpc) is 2.63. The van der Waals surface area contributed by atoms with Gasteiger partial charge in [-0.1, -0.05) is 79.0 Å².